The minimum absolute atomic E-state index is 0.00140. The van der Waals surface area contributed by atoms with Gasteiger partial charge in [-0.05, 0) is 48.6 Å². The van der Waals surface area contributed by atoms with E-state index in [0.29, 0.717) is 35.3 Å². The number of hydrogen-bond donors (Lipinski definition) is 0. The van der Waals surface area contributed by atoms with Crippen molar-refractivity contribution < 1.29 is 19.1 Å². The van der Waals surface area contributed by atoms with Crippen LogP contribution in [0.4, 0.5) is 0 Å². The van der Waals surface area contributed by atoms with Gasteiger partial charge < -0.3 is 4.74 Å². The maximum Gasteiger partial charge on any atom is 0.343 e. The number of esters is 1. The van der Waals surface area contributed by atoms with Crippen LogP contribution in [0.1, 0.15) is 70.0 Å². The lowest BCUT2D eigenvalue weighted by Gasteiger charge is -2.38. The highest BCUT2D eigenvalue weighted by Gasteiger charge is 2.50. The molecule has 1 heterocycles. The Balaban J connectivity index is 1.39. The van der Waals surface area contributed by atoms with E-state index in [1.54, 1.807) is 24.3 Å². The fourth-order valence-electron chi connectivity index (χ4n) is 5.93. The Kier molecular flexibility index (Phi) is 5.34. The summed E-state index contributed by atoms with van der Waals surface area (Å²) in [5.41, 5.74) is 5.82. The molecule has 0 amide bonds. The van der Waals surface area contributed by atoms with Crippen molar-refractivity contribution in [3.05, 3.63) is 112 Å². The first-order valence-electron chi connectivity index (χ1n) is 12.6. The number of fused-ring (bicyclic) bond motifs is 3. The molecule has 0 aromatic heterocycles. The largest absolute Gasteiger partial charge is 0.423 e. The zero-order valence-corrected chi connectivity index (χ0v) is 21.1. The van der Waals surface area contributed by atoms with Gasteiger partial charge in [0.15, 0.2) is 11.6 Å². The zero-order valence-electron chi connectivity index (χ0n) is 21.1. The molecule has 0 bridgehead atoms. The van der Waals surface area contributed by atoms with Gasteiger partial charge in [-0.2, -0.15) is 0 Å². The molecule has 3 aromatic carbocycles. The molecular formula is C32H27NO4. The Morgan fingerprint density at radius 3 is 2.35 bits per heavy atom. The van der Waals surface area contributed by atoms with Crippen LogP contribution in [0.25, 0.3) is 0 Å². The number of aryl methyl sites for hydroxylation is 1. The summed E-state index contributed by atoms with van der Waals surface area (Å²) in [4.78, 5) is 44.7. The van der Waals surface area contributed by atoms with E-state index < -0.39 is 17.8 Å². The molecule has 2 atom stereocenters. The average molecular weight is 490 g/mol. The summed E-state index contributed by atoms with van der Waals surface area (Å²) >= 11 is 0. The average Bonchev–Trinajstić information content (AvgIpc) is 3.14. The second kappa shape index (κ2) is 8.48. The van der Waals surface area contributed by atoms with E-state index in [4.69, 9.17) is 9.73 Å². The Labute approximate surface area is 215 Å². The van der Waals surface area contributed by atoms with Crippen LogP contribution in [0.5, 0.6) is 5.75 Å². The number of ketones is 2. The van der Waals surface area contributed by atoms with Gasteiger partial charge in [-0.3, -0.25) is 14.6 Å². The molecule has 184 valence electrons. The molecule has 0 saturated carbocycles. The summed E-state index contributed by atoms with van der Waals surface area (Å²) in [5, 5.41) is 0. The third-order valence-corrected chi connectivity index (χ3v) is 7.55. The molecule has 37 heavy (non-hydrogen) atoms. The smallest absolute Gasteiger partial charge is 0.343 e. The van der Waals surface area contributed by atoms with Crippen LogP contribution in [0.15, 0.2) is 89.1 Å². The minimum Gasteiger partial charge on any atom is -0.423 e. The SMILES string of the molecule is Cc1cccc(C(=O)Oc2ccc(C3C4=C(CC(C)(C)CC4=O)N=C4c5ccccc5C(=O)C43)cc2)c1. The number of aliphatic imine (C=N–C) groups is 1. The predicted molar refractivity (Wildman–Crippen MR) is 141 cm³/mol. The maximum atomic E-state index is 13.6. The van der Waals surface area contributed by atoms with Gasteiger partial charge in [-0.1, -0.05) is 67.9 Å². The molecule has 5 heteroatoms. The highest BCUT2D eigenvalue weighted by molar-refractivity contribution is 6.30. The van der Waals surface area contributed by atoms with Gasteiger partial charge in [-0.15, -0.1) is 0 Å². The molecule has 6 rings (SSSR count). The molecule has 0 radical (unpaired) electrons. The lowest BCUT2D eigenvalue weighted by molar-refractivity contribution is -0.118. The van der Waals surface area contributed by atoms with Crippen molar-refractivity contribution in [3.63, 3.8) is 0 Å². The van der Waals surface area contributed by atoms with Crippen molar-refractivity contribution in [3.8, 4) is 5.75 Å². The highest BCUT2D eigenvalue weighted by Crippen LogP contribution is 2.51. The van der Waals surface area contributed by atoms with E-state index in [2.05, 4.69) is 13.8 Å². The van der Waals surface area contributed by atoms with Crippen molar-refractivity contribution >= 4 is 23.2 Å². The first kappa shape index (κ1) is 23.3. The van der Waals surface area contributed by atoms with Crippen LogP contribution in [-0.2, 0) is 4.79 Å². The normalized spacial score (nSPS) is 21.6. The van der Waals surface area contributed by atoms with E-state index in [1.165, 1.54) is 0 Å². The molecule has 2 unspecified atom stereocenters. The third kappa shape index (κ3) is 3.95. The number of allylic oxidation sites excluding steroid dienone is 2. The van der Waals surface area contributed by atoms with Crippen LogP contribution in [0.2, 0.25) is 0 Å². The maximum absolute atomic E-state index is 13.6. The van der Waals surface area contributed by atoms with Gasteiger partial charge in [0.2, 0.25) is 0 Å². The van der Waals surface area contributed by atoms with Crippen molar-refractivity contribution in [2.45, 2.75) is 39.5 Å². The molecule has 3 aromatic rings. The topological polar surface area (TPSA) is 72.8 Å². The monoisotopic (exact) mass is 489 g/mol. The minimum atomic E-state index is -0.540. The van der Waals surface area contributed by atoms with Crippen LogP contribution < -0.4 is 4.74 Å². The van der Waals surface area contributed by atoms with E-state index in [-0.39, 0.29) is 17.0 Å². The predicted octanol–water partition coefficient (Wildman–Crippen LogP) is 6.26. The number of nitrogens with zero attached hydrogens (tertiary/aromatic N) is 1. The number of ether oxygens (including phenoxy) is 1. The second-order valence-electron chi connectivity index (χ2n) is 11.0. The van der Waals surface area contributed by atoms with Crippen LogP contribution in [0.3, 0.4) is 0 Å². The van der Waals surface area contributed by atoms with Gasteiger partial charge in [0, 0.05) is 34.7 Å². The van der Waals surface area contributed by atoms with Gasteiger partial charge in [-0.25, -0.2) is 4.79 Å². The third-order valence-electron chi connectivity index (χ3n) is 7.55. The molecule has 0 N–H and O–H groups in total. The van der Waals surface area contributed by atoms with E-state index in [0.717, 1.165) is 28.1 Å². The van der Waals surface area contributed by atoms with Crippen molar-refractivity contribution in [2.24, 2.45) is 16.3 Å². The summed E-state index contributed by atoms with van der Waals surface area (Å²) in [6, 6.07) is 22.0. The Bertz CT molecular complexity index is 1540. The number of benzene rings is 3. The molecule has 2 aliphatic carbocycles. The summed E-state index contributed by atoms with van der Waals surface area (Å²) in [6.45, 7) is 6.09. The summed E-state index contributed by atoms with van der Waals surface area (Å²) in [7, 11) is 0. The number of hydrogen-bond acceptors (Lipinski definition) is 5. The van der Waals surface area contributed by atoms with E-state index in [9.17, 15) is 14.4 Å². The van der Waals surface area contributed by atoms with Crippen molar-refractivity contribution in [1.82, 2.24) is 0 Å². The van der Waals surface area contributed by atoms with Gasteiger partial charge in [0.1, 0.15) is 5.75 Å². The standard InChI is InChI=1S/C32H27NO4/c1-18-7-6-8-20(15-18)31(36)37-21-13-11-19(12-14-21)26-27-24(16-32(2,3)17-25(27)34)33-29-22-9-4-5-10-23(22)30(35)28(26)29/h4-15,26,28H,16-17H2,1-3H3. The number of carbonyl (C=O) groups excluding carboxylic acids is 3. The molecule has 0 spiro atoms. The van der Waals surface area contributed by atoms with Crippen LogP contribution >= 0.6 is 0 Å². The first-order chi connectivity index (χ1) is 17.7. The molecule has 1 aliphatic heterocycles. The van der Waals surface area contributed by atoms with Crippen molar-refractivity contribution in [2.75, 3.05) is 0 Å². The van der Waals surface area contributed by atoms with Crippen LogP contribution in [-0.4, -0.2) is 23.2 Å². The molecule has 3 aliphatic rings. The van der Waals surface area contributed by atoms with Crippen LogP contribution in [0, 0.1) is 18.3 Å². The molecular weight excluding hydrogens is 462 g/mol. The molecule has 5 nitrogen and oxygen atoms in total. The summed E-state index contributed by atoms with van der Waals surface area (Å²) in [6.07, 6.45) is 1.11. The van der Waals surface area contributed by atoms with E-state index >= 15 is 0 Å². The lowest BCUT2D eigenvalue weighted by Crippen LogP contribution is -2.37. The Hall–Kier alpha value is -4.12. The summed E-state index contributed by atoms with van der Waals surface area (Å²) < 4.78 is 5.60. The van der Waals surface area contributed by atoms with E-state index in [1.807, 2.05) is 55.5 Å². The Morgan fingerprint density at radius 2 is 1.62 bits per heavy atom. The summed E-state index contributed by atoms with van der Waals surface area (Å²) in [5.74, 6) is -0.934. The number of carbonyl (C=O) groups is 3. The zero-order chi connectivity index (χ0) is 25.9. The highest BCUT2D eigenvalue weighted by atomic mass is 16.5. The molecule has 0 fully saturated rings. The van der Waals surface area contributed by atoms with Gasteiger partial charge >= 0.3 is 5.97 Å². The van der Waals surface area contributed by atoms with Crippen molar-refractivity contribution in [1.29, 1.82) is 0 Å². The quantitative estimate of drug-likeness (QED) is 0.322. The van der Waals surface area contributed by atoms with Gasteiger partial charge in [0.25, 0.3) is 0 Å². The first-order valence-corrected chi connectivity index (χ1v) is 12.6. The second-order valence-corrected chi connectivity index (χ2v) is 11.0. The fraction of sp³-hybridized carbons (Fsp3) is 0.250. The number of Topliss-reactive ketones (excluding diaryl/α,β-unsaturated/α-hetero) is 2. The Morgan fingerprint density at radius 1 is 0.892 bits per heavy atom. The number of rotatable bonds is 3. The lowest BCUT2D eigenvalue weighted by atomic mass is 9.66. The van der Waals surface area contributed by atoms with Gasteiger partial charge in [0.05, 0.1) is 17.2 Å². The molecule has 0 saturated heterocycles. The fourth-order valence-corrected chi connectivity index (χ4v) is 5.93.